The lowest BCUT2D eigenvalue weighted by Gasteiger charge is -2.13. The van der Waals surface area contributed by atoms with Gasteiger partial charge in [-0.25, -0.2) is 0 Å². The first kappa shape index (κ1) is 19.2. The highest BCUT2D eigenvalue weighted by Crippen LogP contribution is 2.52. The van der Waals surface area contributed by atoms with Gasteiger partial charge in [0.2, 0.25) is 0 Å². The quantitative estimate of drug-likeness (QED) is 0.236. The molecule has 31 heavy (non-hydrogen) atoms. The van der Waals surface area contributed by atoms with Gasteiger partial charge in [0.1, 0.15) is 12.4 Å². The molecule has 2 aromatic rings. The topological polar surface area (TPSA) is 102 Å². The van der Waals surface area contributed by atoms with E-state index in [4.69, 9.17) is 4.74 Å². The molecule has 0 aromatic heterocycles. The van der Waals surface area contributed by atoms with Crippen LogP contribution >= 0.6 is 0 Å². The van der Waals surface area contributed by atoms with Gasteiger partial charge in [-0.1, -0.05) is 24.3 Å². The van der Waals surface area contributed by atoms with Crippen LogP contribution in [0.4, 0.5) is 5.69 Å². The van der Waals surface area contributed by atoms with Crippen molar-refractivity contribution in [2.45, 2.75) is 13.0 Å². The van der Waals surface area contributed by atoms with E-state index in [1.165, 1.54) is 18.3 Å². The molecule has 2 aromatic carbocycles. The van der Waals surface area contributed by atoms with Crippen LogP contribution in [-0.2, 0) is 16.2 Å². The third-order valence-corrected chi connectivity index (χ3v) is 6.22. The SMILES string of the molecule is O=C1[C@@H]2[C@H](C(=O)N1N=Cc1ccccc1OCc1ccc([N+](=O)[O-])cc1)[C@H]1C=C[C@H]2C1. The predicted molar refractivity (Wildman–Crippen MR) is 111 cm³/mol. The molecule has 3 aliphatic rings. The maximum Gasteiger partial charge on any atom is 0.269 e. The number of carbonyl (C=O) groups is 2. The lowest BCUT2D eigenvalue weighted by molar-refractivity contribution is -0.384. The minimum atomic E-state index is -0.451. The molecule has 2 aliphatic carbocycles. The number of rotatable bonds is 6. The molecule has 1 saturated heterocycles. The second-order valence-electron chi connectivity index (χ2n) is 7.98. The number of benzene rings is 2. The smallest absolute Gasteiger partial charge is 0.269 e. The van der Waals surface area contributed by atoms with E-state index >= 15 is 0 Å². The van der Waals surface area contributed by atoms with Crippen LogP contribution in [0.3, 0.4) is 0 Å². The molecule has 2 amide bonds. The van der Waals surface area contributed by atoms with Gasteiger partial charge in [-0.05, 0) is 48.1 Å². The van der Waals surface area contributed by atoms with Crippen molar-refractivity contribution in [2.75, 3.05) is 0 Å². The van der Waals surface area contributed by atoms with Crippen LogP contribution in [0.5, 0.6) is 5.75 Å². The van der Waals surface area contributed by atoms with Gasteiger partial charge < -0.3 is 4.74 Å². The van der Waals surface area contributed by atoms with E-state index in [-0.39, 0.29) is 47.8 Å². The second kappa shape index (κ2) is 7.46. The number of amides is 2. The fourth-order valence-corrected chi connectivity index (χ4v) is 4.71. The summed E-state index contributed by atoms with van der Waals surface area (Å²) in [5.74, 6) is -0.208. The third kappa shape index (κ3) is 3.30. The average Bonchev–Trinajstić information content (AvgIpc) is 3.46. The van der Waals surface area contributed by atoms with Gasteiger partial charge >= 0.3 is 0 Å². The number of hydrazone groups is 1. The van der Waals surface area contributed by atoms with E-state index in [0.717, 1.165) is 17.0 Å². The highest BCUT2D eigenvalue weighted by molar-refractivity contribution is 6.06. The number of hydrogen-bond donors (Lipinski definition) is 0. The predicted octanol–water partition coefficient (Wildman–Crippen LogP) is 3.31. The molecular weight excluding hydrogens is 398 g/mol. The summed E-state index contributed by atoms with van der Waals surface area (Å²) in [5.41, 5.74) is 1.42. The van der Waals surface area contributed by atoms with Crippen molar-refractivity contribution in [3.05, 3.63) is 81.9 Å². The lowest BCUT2D eigenvalue weighted by Crippen LogP contribution is -2.28. The zero-order valence-electron chi connectivity index (χ0n) is 16.5. The summed E-state index contributed by atoms with van der Waals surface area (Å²) < 4.78 is 5.85. The Hall–Kier alpha value is -3.81. The van der Waals surface area contributed by atoms with E-state index in [1.807, 2.05) is 24.3 Å². The van der Waals surface area contributed by atoms with Crippen LogP contribution in [0.15, 0.2) is 65.8 Å². The minimum absolute atomic E-state index is 0.0182. The Morgan fingerprint density at radius 2 is 1.68 bits per heavy atom. The number of nitro benzene ring substituents is 1. The Kier molecular flexibility index (Phi) is 4.62. The van der Waals surface area contributed by atoms with Gasteiger partial charge in [-0.3, -0.25) is 19.7 Å². The third-order valence-electron chi connectivity index (χ3n) is 6.22. The molecule has 8 heteroatoms. The molecular formula is C23H19N3O5. The largest absolute Gasteiger partial charge is 0.488 e. The van der Waals surface area contributed by atoms with Gasteiger partial charge in [0.15, 0.2) is 0 Å². The molecule has 156 valence electrons. The first-order valence-electron chi connectivity index (χ1n) is 10.1. The van der Waals surface area contributed by atoms with E-state index in [0.29, 0.717) is 11.3 Å². The molecule has 1 heterocycles. The maximum atomic E-state index is 12.8. The molecule has 0 N–H and O–H groups in total. The molecule has 2 bridgehead atoms. The Morgan fingerprint density at radius 1 is 1.03 bits per heavy atom. The molecule has 0 unspecified atom stereocenters. The lowest BCUT2D eigenvalue weighted by atomic mass is 9.85. The Balaban J connectivity index is 1.30. The van der Waals surface area contributed by atoms with Gasteiger partial charge in [0.25, 0.3) is 17.5 Å². The highest BCUT2D eigenvalue weighted by Gasteiger charge is 2.59. The zero-order valence-corrected chi connectivity index (χ0v) is 16.5. The fourth-order valence-electron chi connectivity index (χ4n) is 4.71. The van der Waals surface area contributed by atoms with Crippen molar-refractivity contribution < 1.29 is 19.2 Å². The minimum Gasteiger partial charge on any atom is -0.488 e. The average molecular weight is 417 g/mol. The Labute approximate surface area is 178 Å². The van der Waals surface area contributed by atoms with Crippen molar-refractivity contribution in [1.29, 1.82) is 0 Å². The summed E-state index contributed by atoms with van der Waals surface area (Å²) in [6.07, 6.45) is 6.44. The molecule has 0 radical (unpaired) electrons. The van der Waals surface area contributed by atoms with Gasteiger partial charge in [-0.15, -0.1) is 0 Å². The van der Waals surface area contributed by atoms with Crippen molar-refractivity contribution in [3.63, 3.8) is 0 Å². The number of allylic oxidation sites excluding steroid dienone is 2. The summed E-state index contributed by atoms with van der Waals surface area (Å²) in [6.45, 7) is 0.212. The van der Waals surface area contributed by atoms with Crippen LogP contribution in [0.1, 0.15) is 17.5 Å². The molecule has 4 atom stereocenters. The summed E-state index contributed by atoms with van der Waals surface area (Å²) in [6, 6.07) is 13.3. The van der Waals surface area contributed by atoms with E-state index in [1.54, 1.807) is 24.3 Å². The maximum absolute atomic E-state index is 12.8. The number of nitro groups is 1. The number of carbonyl (C=O) groups excluding carboxylic acids is 2. The number of non-ortho nitro benzene ring substituents is 1. The number of fused-ring (bicyclic) bond motifs is 5. The van der Waals surface area contributed by atoms with Crippen molar-refractivity contribution in [1.82, 2.24) is 5.01 Å². The summed E-state index contributed by atoms with van der Waals surface area (Å²) >= 11 is 0. The van der Waals surface area contributed by atoms with Gasteiger partial charge in [0.05, 0.1) is 23.0 Å². The highest BCUT2D eigenvalue weighted by atomic mass is 16.6. The van der Waals surface area contributed by atoms with Crippen LogP contribution < -0.4 is 4.74 Å². The van der Waals surface area contributed by atoms with Crippen molar-refractivity contribution in [2.24, 2.45) is 28.8 Å². The standard InChI is InChI=1S/C23H19N3O5/c27-22-20-15-7-8-16(11-15)21(20)23(28)25(22)24-12-17-3-1-2-4-19(17)31-13-14-5-9-18(10-6-14)26(29)30/h1-10,12,15-16,20-21H,11,13H2/t15-,16-,20-,21+/m0/s1. The number of nitrogens with zero attached hydrogens (tertiary/aromatic N) is 3. The summed E-state index contributed by atoms with van der Waals surface area (Å²) in [7, 11) is 0. The normalized spacial score (nSPS) is 26.1. The summed E-state index contributed by atoms with van der Waals surface area (Å²) in [5, 5.41) is 16.0. The monoisotopic (exact) mass is 417 g/mol. The molecule has 8 nitrogen and oxygen atoms in total. The van der Waals surface area contributed by atoms with Crippen LogP contribution in [0, 0.1) is 33.8 Å². The van der Waals surface area contributed by atoms with Gasteiger partial charge in [0, 0.05) is 17.7 Å². The summed E-state index contributed by atoms with van der Waals surface area (Å²) in [4.78, 5) is 35.8. The van der Waals surface area contributed by atoms with Crippen LogP contribution in [-0.4, -0.2) is 28.0 Å². The molecule has 5 rings (SSSR count). The first-order valence-corrected chi connectivity index (χ1v) is 10.1. The second-order valence-corrected chi connectivity index (χ2v) is 7.98. The molecule has 1 saturated carbocycles. The Bertz CT molecular complexity index is 1090. The number of imide groups is 1. The van der Waals surface area contributed by atoms with Gasteiger partial charge in [-0.2, -0.15) is 10.1 Å². The Morgan fingerprint density at radius 3 is 2.32 bits per heavy atom. The molecule has 2 fully saturated rings. The number of hydrogen-bond acceptors (Lipinski definition) is 6. The fraction of sp³-hybridized carbons (Fsp3) is 0.261. The molecule has 1 aliphatic heterocycles. The van der Waals surface area contributed by atoms with E-state index < -0.39 is 4.92 Å². The number of para-hydroxylation sites is 1. The van der Waals surface area contributed by atoms with E-state index in [9.17, 15) is 19.7 Å². The van der Waals surface area contributed by atoms with E-state index in [2.05, 4.69) is 5.10 Å². The van der Waals surface area contributed by atoms with Crippen molar-refractivity contribution in [3.8, 4) is 5.75 Å². The van der Waals surface area contributed by atoms with Crippen LogP contribution in [0.25, 0.3) is 0 Å². The number of ether oxygens (including phenoxy) is 1. The molecule has 0 spiro atoms. The van der Waals surface area contributed by atoms with Crippen molar-refractivity contribution >= 4 is 23.7 Å². The van der Waals surface area contributed by atoms with Crippen LogP contribution in [0.2, 0.25) is 0 Å². The first-order chi connectivity index (χ1) is 15.0. The zero-order chi connectivity index (χ0) is 21.5.